The lowest BCUT2D eigenvalue weighted by Gasteiger charge is -2.12. The average Bonchev–Trinajstić information content (AvgIpc) is 3.14. The summed E-state index contributed by atoms with van der Waals surface area (Å²) in [5.74, 6) is -0.0145. The third-order valence-corrected chi connectivity index (χ3v) is 4.58. The van der Waals surface area contributed by atoms with E-state index in [-0.39, 0.29) is 17.7 Å². The fourth-order valence-electron chi connectivity index (χ4n) is 2.48. The van der Waals surface area contributed by atoms with Gasteiger partial charge in [-0.25, -0.2) is 9.78 Å². The Morgan fingerprint density at radius 1 is 1.43 bits per heavy atom. The van der Waals surface area contributed by atoms with Gasteiger partial charge in [0.2, 0.25) is 5.91 Å². The quantitative estimate of drug-likeness (QED) is 0.807. The van der Waals surface area contributed by atoms with Crippen LogP contribution in [0.3, 0.4) is 0 Å². The van der Waals surface area contributed by atoms with E-state index < -0.39 is 0 Å². The average molecular weight is 334 g/mol. The molecule has 1 saturated heterocycles. The van der Waals surface area contributed by atoms with E-state index in [0.717, 1.165) is 16.2 Å². The number of methoxy groups -OCH3 is 1. The molecule has 0 spiro atoms. The second-order valence-electron chi connectivity index (χ2n) is 5.09. The van der Waals surface area contributed by atoms with E-state index in [9.17, 15) is 9.59 Å². The molecular weight excluding hydrogens is 316 g/mol. The van der Waals surface area contributed by atoms with Gasteiger partial charge in [-0.05, 0) is 12.1 Å². The Kier molecular flexibility index (Phi) is 4.82. The number of hydrogen-bond acceptors (Lipinski definition) is 5. The van der Waals surface area contributed by atoms with Crippen LogP contribution in [-0.2, 0) is 16.1 Å². The van der Waals surface area contributed by atoms with Gasteiger partial charge in [-0.3, -0.25) is 9.69 Å². The van der Waals surface area contributed by atoms with Gasteiger partial charge in [0, 0.05) is 26.7 Å². The van der Waals surface area contributed by atoms with E-state index in [0.29, 0.717) is 26.2 Å². The molecule has 2 aromatic rings. The lowest BCUT2D eigenvalue weighted by molar-refractivity contribution is -0.124. The summed E-state index contributed by atoms with van der Waals surface area (Å²) in [6.07, 6.45) is 0. The molecule has 3 rings (SSSR count). The molecule has 23 heavy (non-hydrogen) atoms. The Morgan fingerprint density at radius 2 is 2.26 bits per heavy atom. The molecule has 0 aliphatic carbocycles. The van der Waals surface area contributed by atoms with Crippen LogP contribution < -0.4 is 5.32 Å². The monoisotopic (exact) mass is 334 g/mol. The Bertz CT molecular complexity index is 731. The van der Waals surface area contributed by atoms with Crippen molar-refractivity contribution in [3.05, 3.63) is 24.3 Å². The summed E-state index contributed by atoms with van der Waals surface area (Å²) >= 11 is 1.35. The maximum atomic E-state index is 12.2. The Labute approximate surface area is 138 Å². The normalized spacial score (nSPS) is 14.5. The third-order valence-electron chi connectivity index (χ3n) is 3.62. The summed E-state index contributed by atoms with van der Waals surface area (Å²) in [7, 11) is 1.65. The molecule has 0 bridgehead atoms. The Morgan fingerprint density at radius 3 is 3.00 bits per heavy atom. The zero-order valence-corrected chi connectivity index (χ0v) is 13.6. The first-order chi connectivity index (χ1) is 11.2. The number of rotatable bonds is 6. The second-order valence-corrected chi connectivity index (χ2v) is 6.04. The van der Waals surface area contributed by atoms with Crippen LogP contribution in [0.1, 0.15) is 0 Å². The summed E-state index contributed by atoms with van der Waals surface area (Å²) in [6.45, 7) is 2.17. The SMILES string of the molecule is COCCn1c(SCC(=O)N2CCNC2=O)nc2ccccc21. The number of carbonyl (C=O) groups is 2. The molecule has 7 nitrogen and oxygen atoms in total. The summed E-state index contributed by atoms with van der Waals surface area (Å²) in [6, 6.07) is 7.52. The number of thioether (sulfide) groups is 1. The molecule has 122 valence electrons. The molecule has 3 amide bonds. The minimum atomic E-state index is -0.316. The van der Waals surface area contributed by atoms with Gasteiger partial charge in [0.1, 0.15) is 0 Å². The first-order valence-electron chi connectivity index (χ1n) is 7.36. The molecule has 1 N–H and O–H groups in total. The van der Waals surface area contributed by atoms with Crippen molar-refractivity contribution in [3.63, 3.8) is 0 Å². The molecule has 2 heterocycles. The van der Waals surface area contributed by atoms with Gasteiger partial charge in [0.15, 0.2) is 5.16 Å². The van der Waals surface area contributed by atoms with E-state index >= 15 is 0 Å². The van der Waals surface area contributed by atoms with Gasteiger partial charge < -0.3 is 14.6 Å². The number of amides is 3. The van der Waals surface area contributed by atoms with Gasteiger partial charge >= 0.3 is 6.03 Å². The minimum absolute atomic E-state index is 0.184. The van der Waals surface area contributed by atoms with Crippen LogP contribution in [0.5, 0.6) is 0 Å². The minimum Gasteiger partial charge on any atom is -0.383 e. The first kappa shape index (κ1) is 15.8. The largest absolute Gasteiger partial charge is 0.383 e. The number of ether oxygens (including phenoxy) is 1. The van der Waals surface area contributed by atoms with E-state index in [1.807, 2.05) is 28.8 Å². The van der Waals surface area contributed by atoms with Gasteiger partial charge in [0.25, 0.3) is 0 Å². The number of aromatic nitrogens is 2. The van der Waals surface area contributed by atoms with Crippen molar-refractivity contribution >= 4 is 34.7 Å². The Hall–Kier alpha value is -2.06. The topological polar surface area (TPSA) is 76.5 Å². The van der Waals surface area contributed by atoms with Crippen LogP contribution in [0, 0.1) is 0 Å². The molecule has 1 aromatic heterocycles. The fraction of sp³-hybridized carbons (Fsp3) is 0.400. The van der Waals surface area contributed by atoms with E-state index in [4.69, 9.17) is 4.74 Å². The predicted molar refractivity (Wildman–Crippen MR) is 87.4 cm³/mol. The predicted octanol–water partition coefficient (Wildman–Crippen LogP) is 1.33. The maximum absolute atomic E-state index is 12.2. The van der Waals surface area contributed by atoms with Crippen LogP contribution in [0.15, 0.2) is 29.4 Å². The van der Waals surface area contributed by atoms with Crippen LogP contribution in [0.25, 0.3) is 11.0 Å². The molecule has 1 aliphatic heterocycles. The standard InChI is InChI=1S/C15H18N4O3S/c1-22-9-8-18-12-5-3-2-4-11(12)17-15(18)23-10-13(20)19-7-6-16-14(19)21/h2-5H,6-10H2,1H3,(H,16,21). The molecule has 0 unspecified atom stereocenters. The summed E-state index contributed by atoms with van der Waals surface area (Å²) in [5.41, 5.74) is 1.90. The van der Waals surface area contributed by atoms with E-state index in [2.05, 4.69) is 10.3 Å². The zero-order chi connectivity index (χ0) is 16.2. The number of para-hydroxylation sites is 2. The number of hydrogen-bond donors (Lipinski definition) is 1. The first-order valence-corrected chi connectivity index (χ1v) is 8.34. The number of nitrogens with one attached hydrogen (secondary N) is 1. The lowest BCUT2D eigenvalue weighted by Crippen LogP contribution is -2.35. The van der Waals surface area contributed by atoms with Gasteiger partial charge in [-0.1, -0.05) is 23.9 Å². The fourth-order valence-corrected chi connectivity index (χ4v) is 3.39. The van der Waals surface area contributed by atoms with Gasteiger partial charge in [-0.2, -0.15) is 0 Å². The van der Waals surface area contributed by atoms with E-state index in [1.165, 1.54) is 16.7 Å². The van der Waals surface area contributed by atoms with Crippen molar-refractivity contribution in [2.24, 2.45) is 0 Å². The van der Waals surface area contributed by atoms with Crippen LogP contribution in [-0.4, -0.2) is 58.9 Å². The molecular formula is C15H18N4O3S. The molecule has 0 atom stereocenters. The molecule has 0 saturated carbocycles. The number of imidazole rings is 1. The third kappa shape index (κ3) is 3.32. The van der Waals surface area contributed by atoms with Crippen LogP contribution >= 0.6 is 11.8 Å². The number of fused-ring (bicyclic) bond motifs is 1. The van der Waals surface area contributed by atoms with Crippen molar-refractivity contribution in [1.82, 2.24) is 19.8 Å². The van der Waals surface area contributed by atoms with Gasteiger partial charge in [-0.15, -0.1) is 0 Å². The molecule has 1 fully saturated rings. The highest BCUT2D eigenvalue weighted by molar-refractivity contribution is 7.99. The number of urea groups is 1. The highest BCUT2D eigenvalue weighted by Crippen LogP contribution is 2.24. The molecule has 0 radical (unpaired) electrons. The number of imide groups is 1. The smallest absolute Gasteiger partial charge is 0.324 e. The summed E-state index contributed by atoms with van der Waals surface area (Å²) in [4.78, 5) is 29.5. The van der Waals surface area contributed by atoms with Crippen molar-refractivity contribution in [2.75, 3.05) is 32.6 Å². The summed E-state index contributed by atoms with van der Waals surface area (Å²) in [5, 5.41) is 3.39. The number of carbonyl (C=O) groups excluding carboxylic acids is 2. The number of nitrogens with zero attached hydrogens (tertiary/aromatic N) is 3. The second kappa shape index (κ2) is 7.01. The van der Waals surface area contributed by atoms with Crippen molar-refractivity contribution in [1.29, 1.82) is 0 Å². The highest BCUT2D eigenvalue weighted by atomic mass is 32.2. The molecule has 8 heteroatoms. The van der Waals surface area contributed by atoms with Crippen molar-refractivity contribution in [2.45, 2.75) is 11.7 Å². The maximum Gasteiger partial charge on any atom is 0.324 e. The van der Waals surface area contributed by atoms with E-state index in [1.54, 1.807) is 7.11 Å². The zero-order valence-electron chi connectivity index (χ0n) is 12.8. The van der Waals surface area contributed by atoms with Crippen molar-refractivity contribution in [3.8, 4) is 0 Å². The van der Waals surface area contributed by atoms with Crippen LogP contribution in [0.2, 0.25) is 0 Å². The molecule has 1 aromatic carbocycles. The van der Waals surface area contributed by atoms with Crippen molar-refractivity contribution < 1.29 is 14.3 Å². The molecule has 1 aliphatic rings. The number of benzene rings is 1. The van der Waals surface area contributed by atoms with Crippen LogP contribution in [0.4, 0.5) is 4.79 Å². The van der Waals surface area contributed by atoms with Gasteiger partial charge in [0.05, 0.1) is 23.4 Å². The lowest BCUT2D eigenvalue weighted by atomic mass is 10.3. The highest BCUT2D eigenvalue weighted by Gasteiger charge is 2.26. The summed E-state index contributed by atoms with van der Waals surface area (Å²) < 4.78 is 7.20. The Balaban J connectivity index is 1.76.